The number of carbonyl (C=O) groups excluding carboxylic acids is 3. The first-order chi connectivity index (χ1) is 16.8. The van der Waals surface area contributed by atoms with E-state index in [9.17, 15) is 44.9 Å². The third kappa shape index (κ3) is 4.70. The number of hydrogen-bond donors (Lipinski definition) is 0. The molecule has 14 heteroatoms. The summed E-state index contributed by atoms with van der Waals surface area (Å²) in [7, 11) is -6.56. The molecule has 1 heterocycles. The van der Waals surface area contributed by atoms with Crippen LogP contribution in [0.1, 0.15) is 57.8 Å². The maximum atomic E-state index is 13.5. The average molecular weight is 544 g/mol. The van der Waals surface area contributed by atoms with Gasteiger partial charge < -0.3 is 18.8 Å². The second kappa shape index (κ2) is 9.73. The minimum Gasteiger partial charge on any atom is -0.743 e. The van der Waals surface area contributed by atoms with Crippen molar-refractivity contribution in [3.05, 3.63) is 0 Å². The van der Waals surface area contributed by atoms with Gasteiger partial charge in [0.2, 0.25) is 0 Å². The lowest BCUT2D eigenvalue weighted by molar-refractivity contribution is -0.170. The first-order valence-corrected chi connectivity index (χ1v) is 13.5. The maximum Gasteiger partial charge on any atom is 0.396 e. The van der Waals surface area contributed by atoms with Gasteiger partial charge in [0.1, 0.15) is 12.2 Å². The number of fused-ring (bicyclic) bond motifs is 1. The van der Waals surface area contributed by atoms with Gasteiger partial charge in [-0.2, -0.15) is 17.6 Å². The van der Waals surface area contributed by atoms with E-state index < -0.39 is 82.6 Å². The number of esters is 3. The number of ether oxygens (including phenoxy) is 3. The van der Waals surface area contributed by atoms with Crippen LogP contribution in [0.15, 0.2) is 0 Å². The van der Waals surface area contributed by atoms with Gasteiger partial charge >= 0.3 is 29.1 Å². The van der Waals surface area contributed by atoms with E-state index in [0.717, 1.165) is 19.3 Å². The van der Waals surface area contributed by atoms with Gasteiger partial charge in [0.25, 0.3) is 0 Å². The van der Waals surface area contributed by atoms with E-state index in [-0.39, 0.29) is 24.2 Å². The second-order valence-corrected chi connectivity index (χ2v) is 11.5. The van der Waals surface area contributed by atoms with Gasteiger partial charge in [0.15, 0.2) is 10.1 Å². The summed E-state index contributed by atoms with van der Waals surface area (Å²) < 4.78 is 101. The molecule has 9 nitrogen and oxygen atoms in total. The van der Waals surface area contributed by atoms with Gasteiger partial charge in [-0.15, -0.1) is 0 Å². The largest absolute Gasteiger partial charge is 0.743 e. The summed E-state index contributed by atoms with van der Waals surface area (Å²) in [6, 6.07) is 0. The molecule has 4 rings (SSSR count). The molecule has 0 spiro atoms. The first-order valence-electron chi connectivity index (χ1n) is 12.0. The lowest BCUT2D eigenvalue weighted by Gasteiger charge is -2.31. The van der Waals surface area contributed by atoms with E-state index in [1.54, 1.807) is 0 Å². The number of rotatable bonds is 10. The first kappa shape index (κ1) is 27.1. The molecule has 6 unspecified atom stereocenters. The molecule has 4 fully saturated rings. The molecule has 4 aliphatic rings. The van der Waals surface area contributed by atoms with Gasteiger partial charge in [-0.3, -0.25) is 14.4 Å². The van der Waals surface area contributed by atoms with Gasteiger partial charge in [0, 0.05) is 18.3 Å². The van der Waals surface area contributed by atoms with Gasteiger partial charge in [-0.05, 0) is 32.1 Å². The molecule has 2 bridgehead atoms. The van der Waals surface area contributed by atoms with Gasteiger partial charge in [-0.1, -0.05) is 19.3 Å². The Bertz CT molecular complexity index is 995. The maximum absolute atomic E-state index is 13.5. The molecule has 0 amide bonds. The molecule has 3 aliphatic carbocycles. The highest BCUT2D eigenvalue weighted by atomic mass is 32.2. The summed E-state index contributed by atoms with van der Waals surface area (Å²) in [5.41, 5.74) is 0. The van der Waals surface area contributed by atoms with Gasteiger partial charge in [0.05, 0.1) is 24.4 Å². The van der Waals surface area contributed by atoms with Crippen molar-refractivity contribution in [1.29, 1.82) is 0 Å². The van der Waals surface area contributed by atoms with Crippen LogP contribution in [0, 0.1) is 29.6 Å². The SMILES string of the molecule is O=C(OC1C2CC3C1OC(=O)C3C2C(=O)OCCCCC(F)(F)C(F)(F)S(=O)(=O)[O-])C1CCCCC1. The standard InChI is InChI=1S/C22H28F4O9S/c23-21(24,22(25,26)36(30,31)32)8-4-5-9-33-19(28)14-12-10-13-15(14)20(29)35-17(13)16(12)34-18(27)11-6-2-1-3-7-11/h11-17H,1-10H2,(H,30,31,32)/p-1. The van der Waals surface area contributed by atoms with Crippen LogP contribution in [0.2, 0.25) is 0 Å². The molecule has 3 saturated carbocycles. The molecule has 0 aromatic heterocycles. The Kier molecular flexibility index (Phi) is 7.32. The van der Waals surface area contributed by atoms with E-state index in [2.05, 4.69) is 0 Å². The van der Waals surface area contributed by atoms with Crippen molar-refractivity contribution in [3.8, 4) is 0 Å². The molecule has 36 heavy (non-hydrogen) atoms. The molecule has 1 aliphatic heterocycles. The highest BCUT2D eigenvalue weighted by molar-refractivity contribution is 7.86. The molecule has 6 atom stereocenters. The highest BCUT2D eigenvalue weighted by Crippen LogP contribution is 2.59. The molecule has 0 aromatic rings. The van der Waals surface area contributed by atoms with Crippen LogP contribution in [0.3, 0.4) is 0 Å². The van der Waals surface area contributed by atoms with Crippen molar-refractivity contribution in [2.24, 2.45) is 29.6 Å². The van der Waals surface area contributed by atoms with Crippen molar-refractivity contribution in [3.63, 3.8) is 0 Å². The quantitative estimate of drug-likeness (QED) is 0.134. The number of unbranched alkanes of at least 4 members (excludes halogenated alkanes) is 1. The molecule has 0 radical (unpaired) electrons. The van der Waals surface area contributed by atoms with Crippen molar-refractivity contribution in [2.45, 2.75) is 81.2 Å². The molecule has 0 N–H and O–H groups in total. The summed E-state index contributed by atoms with van der Waals surface area (Å²) in [6.07, 6.45) is 0.762. The van der Waals surface area contributed by atoms with Crippen molar-refractivity contribution >= 4 is 28.0 Å². The monoisotopic (exact) mass is 543 g/mol. The van der Waals surface area contributed by atoms with E-state index in [0.29, 0.717) is 19.3 Å². The molecular formula is C22H27F4O9S-. The molecule has 1 saturated heterocycles. The van der Waals surface area contributed by atoms with E-state index in [4.69, 9.17) is 14.2 Å². The third-order valence-electron chi connectivity index (χ3n) is 7.88. The Morgan fingerprint density at radius 2 is 1.69 bits per heavy atom. The topological polar surface area (TPSA) is 136 Å². The fraction of sp³-hybridized carbons (Fsp3) is 0.864. The highest BCUT2D eigenvalue weighted by Gasteiger charge is 2.70. The Labute approximate surface area is 204 Å². The molecule has 0 aromatic carbocycles. The van der Waals surface area contributed by atoms with Crippen LogP contribution in [0.5, 0.6) is 0 Å². The third-order valence-corrected chi connectivity index (χ3v) is 8.80. The van der Waals surface area contributed by atoms with Crippen LogP contribution in [-0.4, -0.2) is 60.9 Å². The summed E-state index contributed by atoms with van der Waals surface area (Å²) in [4.78, 5) is 37.9. The lowest BCUT2D eigenvalue weighted by Crippen LogP contribution is -2.46. The van der Waals surface area contributed by atoms with Gasteiger partial charge in [-0.25, -0.2) is 8.42 Å². The Morgan fingerprint density at radius 3 is 2.33 bits per heavy atom. The van der Waals surface area contributed by atoms with Crippen molar-refractivity contribution < 1.29 is 59.1 Å². The zero-order chi connectivity index (χ0) is 26.5. The zero-order valence-corrected chi connectivity index (χ0v) is 20.0. The van der Waals surface area contributed by atoms with Crippen LogP contribution in [0.25, 0.3) is 0 Å². The summed E-state index contributed by atoms with van der Waals surface area (Å²) in [5, 5.41) is -5.76. The lowest BCUT2D eigenvalue weighted by atomic mass is 9.78. The second-order valence-electron chi connectivity index (χ2n) is 10.1. The predicted molar refractivity (Wildman–Crippen MR) is 109 cm³/mol. The van der Waals surface area contributed by atoms with Crippen LogP contribution in [-0.2, 0) is 38.7 Å². The Morgan fingerprint density at radius 1 is 1.03 bits per heavy atom. The van der Waals surface area contributed by atoms with Crippen molar-refractivity contribution in [1.82, 2.24) is 0 Å². The Balaban J connectivity index is 1.31. The minimum atomic E-state index is -6.56. The summed E-state index contributed by atoms with van der Waals surface area (Å²) in [5.74, 6) is -9.60. The van der Waals surface area contributed by atoms with Crippen LogP contribution in [0.4, 0.5) is 17.6 Å². The van der Waals surface area contributed by atoms with Crippen LogP contribution >= 0.6 is 0 Å². The Hall–Kier alpha value is -1.96. The fourth-order valence-corrected chi connectivity index (χ4v) is 6.55. The smallest absolute Gasteiger partial charge is 0.396 e. The number of carbonyl (C=O) groups is 3. The number of hydrogen-bond acceptors (Lipinski definition) is 9. The predicted octanol–water partition coefficient (Wildman–Crippen LogP) is 2.77. The van der Waals surface area contributed by atoms with E-state index in [1.807, 2.05) is 0 Å². The normalized spacial score (nSPS) is 32.4. The number of alkyl halides is 4. The summed E-state index contributed by atoms with van der Waals surface area (Å²) >= 11 is 0. The van der Waals surface area contributed by atoms with Crippen molar-refractivity contribution in [2.75, 3.05) is 6.61 Å². The zero-order valence-electron chi connectivity index (χ0n) is 19.2. The van der Waals surface area contributed by atoms with Crippen LogP contribution < -0.4 is 0 Å². The number of halogens is 4. The van der Waals surface area contributed by atoms with E-state index >= 15 is 0 Å². The summed E-state index contributed by atoms with van der Waals surface area (Å²) in [6.45, 7) is -0.448. The molecule has 204 valence electrons. The minimum absolute atomic E-state index is 0.238. The average Bonchev–Trinajstić information content (AvgIpc) is 3.42. The molecular weight excluding hydrogens is 516 g/mol. The van der Waals surface area contributed by atoms with E-state index in [1.165, 1.54) is 0 Å². The fourth-order valence-electron chi connectivity index (χ4n) is 6.08.